The van der Waals surface area contributed by atoms with Gasteiger partial charge in [0.1, 0.15) is 0 Å². The molecule has 0 bridgehead atoms. The van der Waals surface area contributed by atoms with Crippen molar-refractivity contribution in [1.29, 1.82) is 0 Å². The van der Waals surface area contributed by atoms with Crippen molar-refractivity contribution in [2.75, 3.05) is 0 Å². The third-order valence-corrected chi connectivity index (χ3v) is 3.08. The lowest BCUT2D eigenvalue weighted by Crippen LogP contribution is -2.05. The van der Waals surface area contributed by atoms with Crippen molar-refractivity contribution in [3.8, 4) is 5.82 Å². The van der Waals surface area contributed by atoms with Crippen molar-refractivity contribution >= 4 is 10.9 Å². The summed E-state index contributed by atoms with van der Waals surface area (Å²) in [5.41, 5.74) is 0.167. The highest BCUT2D eigenvalue weighted by molar-refractivity contribution is 5.80. The number of para-hydroxylation sites is 1. The van der Waals surface area contributed by atoms with Crippen LogP contribution in [0, 0.1) is 0 Å². The normalized spacial score (nSPS) is 12.0. The summed E-state index contributed by atoms with van der Waals surface area (Å²) in [6.45, 7) is -0.339. The van der Waals surface area contributed by atoms with Gasteiger partial charge in [-0.15, -0.1) is 0 Å². The van der Waals surface area contributed by atoms with Gasteiger partial charge in [0.15, 0.2) is 5.82 Å². The predicted molar refractivity (Wildman–Crippen MR) is 69.8 cm³/mol. The van der Waals surface area contributed by atoms with Gasteiger partial charge in [0, 0.05) is 17.1 Å². The van der Waals surface area contributed by atoms with Crippen LogP contribution >= 0.6 is 0 Å². The summed E-state index contributed by atoms with van der Waals surface area (Å²) >= 11 is 0. The van der Waals surface area contributed by atoms with Crippen LogP contribution in [-0.2, 0) is 12.8 Å². The summed E-state index contributed by atoms with van der Waals surface area (Å²) in [6.07, 6.45) is -2.87. The maximum atomic E-state index is 12.6. The first-order chi connectivity index (χ1) is 9.99. The van der Waals surface area contributed by atoms with E-state index in [0.717, 1.165) is 22.5 Å². The van der Waals surface area contributed by atoms with E-state index < -0.39 is 11.7 Å². The van der Waals surface area contributed by atoms with E-state index in [4.69, 9.17) is 0 Å². The molecule has 0 spiro atoms. The number of nitrogens with zero attached hydrogens (tertiary/aromatic N) is 3. The van der Waals surface area contributed by atoms with Crippen LogP contribution in [0.2, 0.25) is 0 Å². The molecule has 0 saturated heterocycles. The lowest BCUT2D eigenvalue weighted by molar-refractivity contribution is -0.137. The number of aliphatic hydroxyl groups excluding tert-OH is 1. The van der Waals surface area contributed by atoms with Gasteiger partial charge in [-0.25, -0.2) is 9.67 Å². The smallest absolute Gasteiger partial charge is 0.392 e. The van der Waals surface area contributed by atoms with Crippen molar-refractivity contribution in [3.05, 3.63) is 53.9 Å². The van der Waals surface area contributed by atoms with Crippen LogP contribution in [0.1, 0.15) is 11.1 Å². The summed E-state index contributed by atoms with van der Waals surface area (Å²) in [5, 5.41) is 13.9. The topological polar surface area (TPSA) is 50.9 Å². The lowest BCUT2D eigenvalue weighted by atomic mass is 10.1. The van der Waals surface area contributed by atoms with Crippen LogP contribution in [0.15, 0.2) is 42.7 Å². The minimum atomic E-state index is -4.46. The molecule has 108 valence electrons. The fourth-order valence-electron chi connectivity index (χ4n) is 2.05. The Morgan fingerprint density at radius 3 is 2.62 bits per heavy atom. The van der Waals surface area contributed by atoms with Crippen molar-refractivity contribution < 1.29 is 18.3 Å². The number of benzene rings is 1. The van der Waals surface area contributed by atoms with E-state index in [2.05, 4.69) is 10.1 Å². The number of pyridine rings is 1. The van der Waals surface area contributed by atoms with Crippen molar-refractivity contribution in [2.24, 2.45) is 0 Å². The molecule has 3 aromatic rings. The van der Waals surface area contributed by atoms with E-state index >= 15 is 0 Å². The number of aromatic nitrogens is 3. The van der Waals surface area contributed by atoms with E-state index in [1.807, 2.05) is 12.1 Å². The molecule has 21 heavy (non-hydrogen) atoms. The Bertz CT molecular complexity index is 796. The molecule has 2 aromatic heterocycles. The zero-order chi connectivity index (χ0) is 15.0. The maximum Gasteiger partial charge on any atom is 0.419 e. The molecule has 0 atom stereocenters. The van der Waals surface area contributed by atoms with E-state index in [1.165, 1.54) is 0 Å². The van der Waals surface area contributed by atoms with Gasteiger partial charge in [-0.05, 0) is 12.1 Å². The Balaban J connectivity index is 2.17. The number of fused-ring (bicyclic) bond motifs is 1. The SMILES string of the molecule is OCc1cc2ccccc2nc1-n1cc(C(F)(F)F)cn1. The van der Waals surface area contributed by atoms with E-state index in [0.29, 0.717) is 11.1 Å². The van der Waals surface area contributed by atoms with Gasteiger partial charge < -0.3 is 5.11 Å². The van der Waals surface area contributed by atoms with Crippen LogP contribution in [0.4, 0.5) is 13.2 Å². The van der Waals surface area contributed by atoms with Crippen LogP contribution in [0.5, 0.6) is 0 Å². The summed E-state index contributed by atoms with van der Waals surface area (Å²) < 4.78 is 38.9. The Hall–Kier alpha value is -2.41. The second kappa shape index (κ2) is 4.85. The zero-order valence-corrected chi connectivity index (χ0v) is 10.7. The van der Waals surface area contributed by atoms with Crippen molar-refractivity contribution in [1.82, 2.24) is 14.8 Å². The average molecular weight is 293 g/mol. The molecule has 0 aliphatic carbocycles. The fraction of sp³-hybridized carbons (Fsp3) is 0.143. The second-order valence-corrected chi connectivity index (χ2v) is 4.49. The fourth-order valence-corrected chi connectivity index (χ4v) is 2.05. The zero-order valence-electron chi connectivity index (χ0n) is 10.7. The quantitative estimate of drug-likeness (QED) is 0.790. The van der Waals surface area contributed by atoms with Gasteiger partial charge in [0.05, 0.1) is 23.9 Å². The minimum absolute atomic E-state index is 0.187. The number of hydrogen-bond donors (Lipinski definition) is 1. The molecule has 0 saturated carbocycles. The van der Waals surface area contributed by atoms with Crippen molar-refractivity contribution in [3.63, 3.8) is 0 Å². The van der Waals surface area contributed by atoms with E-state index in [1.54, 1.807) is 18.2 Å². The lowest BCUT2D eigenvalue weighted by Gasteiger charge is -2.08. The van der Waals surface area contributed by atoms with E-state index in [-0.39, 0.29) is 12.4 Å². The first-order valence-corrected chi connectivity index (χ1v) is 6.11. The molecule has 0 aliphatic heterocycles. The summed E-state index contributed by atoms with van der Waals surface area (Å²) in [7, 11) is 0. The highest BCUT2D eigenvalue weighted by Crippen LogP contribution is 2.29. The Kier molecular flexibility index (Phi) is 3.13. The van der Waals surface area contributed by atoms with Crippen LogP contribution in [0.25, 0.3) is 16.7 Å². The van der Waals surface area contributed by atoms with Gasteiger partial charge in [0.2, 0.25) is 0 Å². The molecule has 2 heterocycles. The number of halogens is 3. The van der Waals surface area contributed by atoms with Gasteiger partial charge in [-0.2, -0.15) is 18.3 Å². The molecule has 7 heteroatoms. The molecule has 0 radical (unpaired) electrons. The van der Waals surface area contributed by atoms with Gasteiger partial charge in [-0.3, -0.25) is 0 Å². The maximum absolute atomic E-state index is 12.6. The molecule has 1 N–H and O–H groups in total. The molecular weight excluding hydrogens is 283 g/mol. The first-order valence-electron chi connectivity index (χ1n) is 6.11. The highest BCUT2D eigenvalue weighted by Gasteiger charge is 2.32. The first kappa shape index (κ1) is 13.6. The van der Waals surface area contributed by atoms with Crippen LogP contribution in [0.3, 0.4) is 0 Å². The monoisotopic (exact) mass is 293 g/mol. The third-order valence-electron chi connectivity index (χ3n) is 3.08. The van der Waals surface area contributed by atoms with E-state index in [9.17, 15) is 18.3 Å². The highest BCUT2D eigenvalue weighted by atomic mass is 19.4. The summed E-state index contributed by atoms with van der Waals surface area (Å²) in [5.74, 6) is 0.187. The largest absolute Gasteiger partial charge is 0.419 e. The molecule has 0 unspecified atom stereocenters. The Morgan fingerprint density at radius 2 is 1.95 bits per heavy atom. The molecule has 3 rings (SSSR count). The van der Waals surface area contributed by atoms with Crippen LogP contribution in [-0.4, -0.2) is 19.9 Å². The summed E-state index contributed by atoms with van der Waals surface area (Å²) in [6, 6.07) is 8.85. The predicted octanol–water partition coefficient (Wildman–Crippen LogP) is 2.93. The van der Waals surface area contributed by atoms with Gasteiger partial charge >= 0.3 is 6.18 Å². The third kappa shape index (κ3) is 2.47. The Labute approximate surface area is 117 Å². The minimum Gasteiger partial charge on any atom is -0.392 e. The summed E-state index contributed by atoms with van der Waals surface area (Å²) in [4.78, 5) is 4.28. The number of rotatable bonds is 2. The molecule has 0 fully saturated rings. The standard InChI is InChI=1S/C14H10F3N3O/c15-14(16,17)11-6-18-20(7-11)13-10(8-21)5-9-3-1-2-4-12(9)19-13/h1-7,21H,8H2. The number of alkyl halides is 3. The number of aliphatic hydroxyl groups is 1. The number of hydrogen-bond acceptors (Lipinski definition) is 3. The molecule has 0 aliphatic rings. The van der Waals surface area contributed by atoms with Gasteiger partial charge in [-0.1, -0.05) is 18.2 Å². The second-order valence-electron chi connectivity index (χ2n) is 4.49. The molecule has 1 aromatic carbocycles. The van der Waals surface area contributed by atoms with Crippen LogP contribution < -0.4 is 0 Å². The Morgan fingerprint density at radius 1 is 1.19 bits per heavy atom. The molecular formula is C14H10F3N3O. The molecule has 4 nitrogen and oxygen atoms in total. The molecule has 0 amide bonds. The van der Waals surface area contributed by atoms with Crippen molar-refractivity contribution in [2.45, 2.75) is 12.8 Å². The average Bonchev–Trinajstić information content (AvgIpc) is 2.95. The van der Waals surface area contributed by atoms with Gasteiger partial charge in [0.25, 0.3) is 0 Å².